The molecule has 19 heavy (non-hydrogen) atoms. The SMILES string of the molecule is CNCCNC.CNCCNC.O.O.[Cl-].[Cl-].[Ni+2].[OH3+].[OH3+]. The van der Waals surface area contributed by atoms with Gasteiger partial charge in [0, 0.05) is 26.2 Å². The largest absolute Gasteiger partial charge is 2.00 e. The third-order valence-corrected chi connectivity index (χ3v) is 1.25. The van der Waals surface area contributed by atoms with Gasteiger partial charge in [0.25, 0.3) is 0 Å². The van der Waals surface area contributed by atoms with Crippen LogP contribution in [0.25, 0.3) is 0 Å². The molecule has 0 radical (unpaired) electrons. The van der Waals surface area contributed by atoms with Crippen molar-refractivity contribution in [3.63, 3.8) is 0 Å². The molecule has 0 saturated carbocycles. The molecule has 11 heteroatoms. The fourth-order valence-corrected chi connectivity index (χ4v) is 0.500. The molecule has 0 bridgehead atoms. The summed E-state index contributed by atoms with van der Waals surface area (Å²) in [7, 11) is 7.77. The van der Waals surface area contributed by atoms with Crippen molar-refractivity contribution in [2.45, 2.75) is 0 Å². The van der Waals surface area contributed by atoms with Crippen molar-refractivity contribution in [3.05, 3.63) is 0 Å². The average molecular weight is 380 g/mol. The van der Waals surface area contributed by atoms with E-state index in [9.17, 15) is 0 Å². The van der Waals surface area contributed by atoms with Crippen LogP contribution in [-0.4, -0.2) is 65.3 Å². The van der Waals surface area contributed by atoms with Crippen LogP contribution >= 0.6 is 0 Å². The second-order valence-corrected chi connectivity index (χ2v) is 2.41. The van der Waals surface area contributed by atoms with E-state index in [4.69, 9.17) is 0 Å². The van der Waals surface area contributed by atoms with Crippen molar-refractivity contribution in [1.82, 2.24) is 21.3 Å². The number of hydrogen-bond donors (Lipinski definition) is 4. The summed E-state index contributed by atoms with van der Waals surface area (Å²) in [6.45, 7) is 4.21. The number of nitrogens with one attached hydrogen (secondary N) is 4. The van der Waals surface area contributed by atoms with Gasteiger partial charge >= 0.3 is 16.5 Å². The van der Waals surface area contributed by atoms with E-state index in [1.165, 1.54) is 0 Å². The fourth-order valence-electron chi connectivity index (χ4n) is 0.500. The second-order valence-electron chi connectivity index (χ2n) is 2.41. The smallest absolute Gasteiger partial charge is 1.00 e. The minimum Gasteiger partial charge on any atom is -1.00 e. The van der Waals surface area contributed by atoms with Gasteiger partial charge in [0.2, 0.25) is 0 Å². The predicted molar refractivity (Wildman–Crippen MR) is 72.7 cm³/mol. The Hall–Kier alpha value is 0.754. The van der Waals surface area contributed by atoms with E-state index in [-0.39, 0.29) is 63.2 Å². The van der Waals surface area contributed by atoms with Gasteiger partial charge in [-0.3, -0.25) is 0 Å². The Morgan fingerprint density at radius 3 is 0.684 bits per heavy atom. The summed E-state index contributed by atoms with van der Waals surface area (Å²) in [6, 6.07) is 0. The van der Waals surface area contributed by atoms with Gasteiger partial charge in [-0.1, -0.05) is 0 Å². The number of hydrogen-bond acceptors (Lipinski definition) is 4. The number of likely N-dealkylation sites (N-methyl/N-ethyl adjacent to an activating group) is 4. The number of halogens is 2. The van der Waals surface area contributed by atoms with Gasteiger partial charge in [0.15, 0.2) is 0 Å². The van der Waals surface area contributed by atoms with Crippen LogP contribution in [0.3, 0.4) is 0 Å². The quantitative estimate of drug-likeness (QED) is 0.203. The van der Waals surface area contributed by atoms with E-state index >= 15 is 0 Å². The maximum Gasteiger partial charge on any atom is 2.00 e. The predicted octanol–water partition coefficient (Wildman–Crippen LogP) is -10.6. The summed E-state index contributed by atoms with van der Waals surface area (Å²) in [5.74, 6) is 0. The molecule has 0 aromatic heterocycles. The monoisotopic (exact) mass is 378 g/mol. The first kappa shape index (κ1) is 60.1. The molecule has 0 aliphatic carbocycles. The van der Waals surface area contributed by atoms with E-state index in [0.717, 1.165) is 26.2 Å². The van der Waals surface area contributed by atoms with E-state index in [1.54, 1.807) is 0 Å². The van der Waals surface area contributed by atoms with Gasteiger partial charge in [-0.05, 0) is 28.2 Å². The van der Waals surface area contributed by atoms with Gasteiger partial charge in [0.1, 0.15) is 0 Å². The fraction of sp³-hybridized carbons (Fsp3) is 1.00. The van der Waals surface area contributed by atoms with Crippen LogP contribution in [-0.2, 0) is 27.4 Å². The first-order valence-electron chi connectivity index (χ1n) is 4.41. The summed E-state index contributed by atoms with van der Waals surface area (Å²) in [4.78, 5) is 0. The van der Waals surface area contributed by atoms with Crippen LogP contribution in [0.5, 0.6) is 0 Å². The van der Waals surface area contributed by atoms with Crippen molar-refractivity contribution < 1.29 is 63.2 Å². The summed E-state index contributed by atoms with van der Waals surface area (Å²) in [6.07, 6.45) is 0. The first-order chi connectivity index (χ1) is 5.83. The minimum absolute atomic E-state index is 0. The molecule has 0 heterocycles. The van der Waals surface area contributed by atoms with Crippen molar-refractivity contribution >= 4 is 0 Å². The average Bonchev–Trinajstić information content (AvgIpc) is 2.12. The topological polar surface area (TPSA) is 177 Å². The Labute approximate surface area is 139 Å². The van der Waals surface area contributed by atoms with Gasteiger partial charge in [-0.15, -0.1) is 0 Å². The Bertz CT molecular complexity index is 70.7. The zero-order valence-electron chi connectivity index (χ0n) is 12.1. The molecular formula is C8H34Cl2N4NiO4+2. The van der Waals surface area contributed by atoms with Gasteiger partial charge in [-0.2, -0.15) is 0 Å². The molecule has 0 saturated heterocycles. The van der Waals surface area contributed by atoms with E-state index in [0.29, 0.717) is 0 Å². The third kappa shape index (κ3) is 115. The van der Waals surface area contributed by atoms with Crippen molar-refractivity contribution in [3.8, 4) is 0 Å². The zero-order valence-corrected chi connectivity index (χ0v) is 14.6. The maximum absolute atomic E-state index is 3.01. The summed E-state index contributed by atoms with van der Waals surface area (Å²) in [5.41, 5.74) is 0. The molecule has 0 fully saturated rings. The van der Waals surface area contributed by atoms with Crippen LogP contribution in [0.1, 0.15) is 0 Å². The van der Waals surface area contributed by atoms with Crippen LogP contribution in [0.2, 0.25) is 0 Å². The molecule has 0 unspecified atom stereocenters. The third-order valence-electron chi connectivity index (χ3n) is 1.25. The summed E-state index contributed by atoms with van der Waals surface area (Å²) >= 11 is 0. The molecule has 0 aromatic carbocycles. The van der Waals surface area contributed by atoms with Crippen molar-refractivity contribution in [2.75, 3.05) is 54.4 Å². The van der Waals surface area contributed by atoms with E-state index in [1.807, 2.05) is 28.2 Å². The molecule has 0 atom stereocenters. The zero-order chi connectivity index (χ0) is 9.66. The van der Waals surface area contributed by atoms with E-state index in [2.05, 4.69) is 21.3 Å². The molecule has 0 aliphatic rings. The minimum atomic E-state index is 0. The van der Waals surface area contributed by atoms with Gasteiger partial charge in [-0.25, -0.2) is 0 Å². The second kappa shape index (κ2) is 77.1. The molecule has 0 aromatic rings. The summed E-state index contributed by atoms with van der Waals surface area (Å²) < 4.78 is 0. The van der Waals surface area contributed by atoms with Crippen LogP contribution in [0.4, 0.5) is 0 Å². The molecule has 0 aliphatic heterocycles. The van der Waals surface area contributed by atoms with E-state index < -0.39 is 0 Å². The molecule has 8 nitrogen and oxygen atoms in total. The standard InChI is InChI=1S/2C4H12N2.2ClH.Ni.4H2O/c2*1-5-3-4-6-2;;;;;;;/h2*5-6H,3-4H2,1-2H3;2*1H;;4*1H2/q;;;;+2;;;;. The van der Waals surface area contributed by atoms with Crippen molar-refractivity contribution in [1.29, 1.82) is 0 Å². The normalized spacial score (nSPS) is 5.68. The maximum atomic E-state index is 3.01. The van der Waals surface area contributed by atoms with Gasteiger partial charge in [0.05, 0.1) is 0 Å². The van der Waals surface area contributed by atoms with Crippen LogP contribution < -0.4 is 46.1 Å². The Morgan fingerprint density at radius 2 is 0.632 bits per heavy atom. The van der Waals surface area contributed by atoms with Crippen LogP contribution in [0, 0.1) is 0 Å². The molecule has 14 N–H and O–H groups in total. The Balaban J connectivity index is -0.0000000110. The number of rotatable bonds is 6. The molecule has 0 rings (SSSR count). The molecule has 132 valence electrons. The Kier molecular flexibility index (Phi) is 244. The Morgan fingerprint density at radius 1 is 0.526 bits per heavy atom. The first-order valence-corrected chi connectivity index (χ1v) is 4.41. The van der Waals surface area contributed by atoms with Gasteiger partial charge < -0.3 is 68.0 Å². The molecule has 0 spiro atoms. The molecule has 0 amide bonds. The van der Waals surface area contributed by atoms with Crippen LogP contribution in [0.15, 0.2) is 0 Å². The summed E-state index contributed by atoms with van der Waals surface area (Å²) in [5, 5.41) is 12.0. The molecular weight excluding hydrogens is 346 g/mol. The van der Waals surface area contributed by atoms with Crippen molar-refractivity contribution in [2.24, 2.45) is 0 Å².